The summed E-state index contributed by atoms with van der Waals surface area (Å²) in [6.45, 7) is 8.57. The summed E-state index contributed by atoms with van der Waals surface area (Å²) in [5, 5.41) is 3.86. The van der Waals surface area contributed by atoms with E-state index >= 15 is 0 Å². The molecule has 0 aromatic heterocycles. The van der Waals surface area contributed by atoms with Crippen LogP contribution in [0.25, 0.3) is 0 Å². The van der Waals surface area contributed by atoms with Crippen LogP contribution in [0.4, 0.5) is 0 Å². The first-order valence-corrected chi connectivity index (χ1v) is 12.4. The molecule has 0 radical (unpaired) electrons. The van der Waals surface area contributed by atoms with Gasteiger partial charge in [-0.15, -0.1) is 6.58 Å². The molecule has 0 aliphatic carbocycles. The average molecular weight is 543 g/mol. The summed E-state index contributed by atoms with van der Waals surface area (Å²) < 4.78 is 8.61. The second kappa shape index (κ2) is 14.8. The molecule has 194 valence electrons. The predicted molar refractivity (Wildman–Crippen MR) is 130 cm³/mol. The van der Waals surface area contributed by atoms with Gasteiger partial charge in [-0.1, -0.05) is 54.7 Å². The zero-order valence-electron chi connectivity index (χ0n) is 19.8. The number of hydrogen-bond donors (Lipinski definition) is 2. The molecule has 0 bridgehead atoms. The number of carbonyl (C=O) groups is 4. The third-order valence-electron chi connectivity index (χ3n) is 5.01. The van der Waals surface area contributed by atoms with Gasteiger partial charge in [0, 0.05) is 13.0 Å². The first kappa shape index (κ1) is 30.5. The molecule has 3 atom stereocenters. The Morgan fingerprint density at radius 1 is 1.21 bits per heavy atom. The number of nitrogens with zero attached hydrogens (tertiary/aromatic N) is 1. The van der Waals surface area contributed by atoms with Crippen LogP contribution in [0.5, 0.6) is 0 Å². The van der Waals surface area contributed by atoms with Crippen molar-refractivity contribution in [1.29, 1.82) is 0 Å². The first-order valence-electron chi connectivity index (χ1n) is 11.3. The lowest BCUT2D eigenvalue weighted by Crippen LogP contribution is -2.60. The van der Waals surface area contributed by atoms with Crippen molar-refractivity contribution in [3.8, 4) is 0 Å². The van der Waals surface area contributed by atoms with Crippen molar-refractivity contribution in [3.63, 3.8) is 0 Å². The monoisotopic (exact) mass is 541 g/mol. The summed E-state index contributed by atoms with van der Waals surface area (Å²) in [7, 11) is 0. The number of nitrogens with one attached hydrogen (secondary N) is 2. The van der Waals surface area contributed by atoms with Crippen LogP contribution in [-0.4, -0.2) is 63.9 Å². The topological polar surface area (TPSA) is 114 Å². The fourth-order valence-electron chi connectivity index (χ4n) is 3.21. The SMILES string of the molecule is C=CCCCCC(=O)OC(C(=O)NC(C)C(=O)N1CCCC(C(=O)OCC(Cl)(Cl)Cl)N1)C(C)C. The molecule has 2 amide bonds. The van der Waals surface area contributed by atoms with Crippen LogP contribution < -0.4 is 10.7 Å². The van der Waals surface area contributed by atoms with Crippen LogP contribution in [0.2, 0.25) is 0 Å². The zero-order valence-corrected chi connectivity index (χ0v) is 22.0. The van der Waals surface area contributed by atoms with Gasteiger partial charge in [-0.25, -0.2) is 5.43 Å². The molecule has 1 aliphatic rings. The van der Waals surface area contributed by atoms with Crippen LogP contribution >= 0.6 is 34.8 Å². The Balaban J connectivity index is 2.63. The Kier molecular flexibility index (Phi) is 13.2. The Hall–Kier alpha value is -1.55. The number of allylic oxidation sites excluding steroid dienone is 1. The number of esters is 2. The molecule has 1 rings (SSSR count). The molecule has 9 nitrogen and oxygen atoms in total. The van der Waals surface area contributed by atoms with Crippen molar-refractivity contribution in [3.05, 3.63) is 12.7 Å². The highest BCUT2D eigenvalue weighted by Gasteiger charge is 2.34. The summed E-state index contributed by atoms with van der Waals surface area (Å²) in [6.07, 6.45) is 4.17. The lowest BCUT2D eigenvalue weighted by molar-refractivity contribution is -0.159. The Bertz CT molecular complexity index is 729. The van der Waals surface area contributed by atoms with Crippen molar-refractivity contribution in [2.75, 3.05) is 13.2 Å². The van der Waals surface area contributed by atoms with Crippen molar-refractivity contribution in [1.82, 2.24) is 15.8 Å². The van der Waals surface area contributed by atoms with Gasteiger partial charge in [0.05, 0.1) is 0 Å². The van der Waals surface area contributed by atoms with E-state index in [1.165, 1.54) is 11.9 Å². The third kappa shape index (κ3) is 11.3. The second-order valence-electron chi connectivity index (χ2n) is 8.46. The van der Waals surface area contributed by atoms with Gasteiger partial charge in [-0.3, -0.25) is 24.2 Å². The highest BCUT2D eigenvalue weighted by molar-refractivity contribution is 6.67. The van der Waals surface area contributed by atoms with Gasteiger partial charge in [0.2, 0.25) is 3.79 Å². The number of hydrogen-bond acceptors (Lipinski definition) is 7. The van der Waals surface area contributed by atoms with Crippen LogP contribution in [0.3, 0.4) is 0 Å². The zero-order chi connectivity index (χ0) is 25.9. The number of amides is 2. The molecular weight excluding hydrogens is 509 g/mol. The number of unbranched alkanes of at least 4 members (excludes halogenated alkanes) is 2. The smallest absolute Gasteiger partial charge is 0.325 e. The molecular formula is C22H34Cl3N3O6. The quantitative estimate of drug-likeness (QED) is 0.168. The first-order chi connectivity index (χ1) is 15.9. The minimum atomic E-state index is -1.74. The van der Waals surface area contributed by atoms with Crippen LogP contribution in [0, 0.1) is 5.92 Å². The van der Waals surface area contributed by atoms with E-state index in [2.05, 4.69) is 17.3 Å². The molecule has 1 fully saturated rings. The summed E-state index contributed by atoms with van der Waals surface area (Å²) >= 11 is 16.8. The minimum absolute atomic E-state index is 0.201. The lowest BCUT2D eigenvalue weighted by Gasteiger charge is -2.34. The van der Waals surface area contributed by atoms with E-state index in [-0.39, 0.29) is 12.3 Å². The van der Waals surface area contributed by atoms with Crippen LogP contribution in [0.15, 0.2) is 12.7 Å². The van der Waals surface area contributed by atoms with Gasteiger partial charge >= 0.3 is 11.9 Å². The molecule has 1 aliphatic heterocycles. The standard InChI is InChI=1S/C22H34Cl3N3O6/c1-5-6-7-8-11-17(29)34-18(14(2)3)19(30)26-15(4)20(31)28-12-9-10-16(27-28)21(32)33-13-22(23,24)25/h5,14-16,18,27H,1,6-13H2,2-4H3,(H,26,30). The van der Waals surface area contributed by atoms with Crippen molar-refractivity contribution in [2.45, 2.75) is 81.3 Å². The normalized spacial score (nSPS) is 18.1. The fraction of sp³-hybridized carbons (Fsp3) is 0.727. The van der Waals surface area contributed by atoms with E-state index in [0.29, 0.717) is 25.8 Å². The Labute approximate surface area is 215 Å². The maximum absolute atomic E-state index is 12.9. The number of carbonyl (C=O) groups excluding carboxylic acids is 4. The van der Waals surface area contributed by atoms with E-state index < -0.39 is 52.3 Å². The van der Waals surface area contributed by atoms with Gasteiger partial charge in [-0.05, 0) is 44.9 Å². The van der Waals surface area contributed by atoms with Crippen molar-refractivity contribution < 1.29 is 28.7 Å². The second-order valence-corrected chi connectivity index (χ2v) is 11.0. The molecule has 0 aromatic carbocycles. The maximum atomic E-state index is 12.9. The molecule has 0 saturated carbocycles. The van der Waals surface area contributed by atoms with Gasteiger partial charge < -0.3 is 14.8 Å². The summed E-state index contributed by atoms with van der Waals surface area (Å²) in [6, 6.07) is -1.72. The van der Waals surface area contributed by atoms with Crippen molar-refractivity contribution >= 4 is 58.6 Å². The summed E-state index contributed by atoms with van der Waals surface area (Å²) in [5.74, 6) is -2.42. The fourth-order valence-corrected chi connectivity index (χ4v) is 3.37. The van der Waals surface area contributed by atoms with Gasteiger partial charge in [0.1, 0.15) is 18.7 Å². The number of halogens is 3. The molecule has 2 N–H and O–H groups in total. The molecule has 12 heteroatoms. The third-order valence-corrected chi connectivity index (χ3v) is 5.33. The molecule has 0 spiro atoms. The van der Waals surface area contributed by atoms with E-state index in [1.54, 1.807) is 19.9 Å². The van der Waals surface area contributed by atoms with Gasteiger partial charge in [-0.2, -0.15) is 0 Å². The molecule has 1 heterocycles. The molecule has 34 heavy (non-hydrogen) atoms. The van der Waals surface area contributed by atoms with Crippen LogP contribution in [-0.2, 0) is 28.7 Å². The largest absolute Gasteiger partial charge is 0.460 e. The van der Waals surface area contributed by atoms with E-state index in [1.807, 2.05) is 0 Å². The average Bonchev–Trinajstić information content (AvgIpc) is 2.77. The highest BCUT2D eigenvalue weighted by Crippen LogP contribution is 2.26. The highest BCUT2D eigenvalue weighted by atomic mass is 35.6. The van der Waals surface area contributed by atoms with Crippen LogP contribution in [0.1, 0.15) is 59.3 Å². The van der Waals surface area contributed by atoms with E-state index in [0.717, 1.165) is 12.8 Å². The maximum Gasteiger partial charge on any atom is 0.325 e. The summed E-state index contributed by atoms with van der Waals surface area (Å²) in [5.41, 5.74) is 2.80. The number of alkyl halides is 3. The molecule has 0 aromatic rings. The van der Waals surface area contributed by atoms with E-state index in [9.17, 15) is 19.2 Å². The molecule has 1 saturated heterocycles. The van der Waals surface area contributed by atoms with Crippen molar-refractivity contribution in [2.24, 2.45) is 5.92 Å². The van der Waals surface area contributed by atoms with E-state index in [4.69, 9.17) is 44.3 Å². The number of ether oxygens (including phenoxy) is 2. The lowest BCUT2D eigenvalue weighted by atomic mass is 10.1. The van der Waals surface area contributed by atoms with Gasteiger partial charge in [0.25, 0.3) is 11.8 Å². The molecule has 3 unspecified atom stereocenters. The van der Waals surface area contributed by atoms with Gasteiger partial charge in [0.15, 0.2) is 6.10 Å². The summed E-state index contributed by atoms with van der Waals surface area (Å²) in [4.78, 5) is 49.9. The Morgan fingerprint density at radius 2 is 1.88 bits per heavy atom. The predicted octanol–water partition coefficient (Wildman–Crippen LogP) is 3.21. The minimum Gasteiger partial charge on any atom is -0.460 e. The Morgan fingerprint density at radius 3 is 2.47 bits per heavy atom. The number of rotatable bonds is 12. The number of hydrazine groups is 1.